The number of sulfonamides is 1. The molecular weight excluding hydrogens is 554 g/mol. The lowest BCUT2D eigenvalue weighted by molar-refractivity contribution is -0.157. The number of carbonyl (C=O) groups excluding carboxylic acids is 3. The highest BCUT2D eigenvalue weighted by molar-refractivity contribution is 9.11. The normalized spacial score (nSPS) is 15.3. The minimum absolute atomic E-state index is 0.0380. The molecule has 0 saturated carbocycles. The maximum absolute atomic E-state index is 13.5. The quantitative estimate of drug-likeness (QED) is 0.416. The molecule has 1 fully saturated rings. The van der Waals surface area contributed by atoms with Crippen molar-refractivity contribution in [3.8, 4) is 0 Å². The number of amides is 3. The number of hydrogen-bond acceptors (Lipinski definition) is 6. The van der Waals surface area contributed by atoms with Gasteiger partial charge in [0.05, 0.1) is 3.79 Å². The van der Waals surface area contributed by atoms with Gasteiger partial charge in [-0.05, 0) is 45.6 Å². The molecule has 1 N–H and O–H groups in total. The summed E-state index contributed by atoms with van der Waals surface area (Å²) in [5, 5.41) is 0. The molecule has 11 heteroatoms. The lowest BCUT2D eigenvalue weighted by Gasteiger charge is -2.34. The van der Waals surface area contributed by atoms with Crippen LogP contribution < -0.4 is 4.72 Å². The highest BCUT2D eigenvalue weighted by Gasteiger charge is 2.38. The number of benzene rings is 2. The van der Waals surface area contributed by atoms with Crippen LogP contribution in [0.3, 0.4) is 0 Å². The average Bonchev–Trinajstić information content (AvgIpc) is 3.30. The molecule has 2 aromatic carbocycles. The van der Waals surface area contributed by atoms with Crippen molar-refractivity contribution >= 4 is 55.0 Å². The number of thiophene rings is 1. The van der Waals surface area contributed by atoms with Crippen LogP contribution in [0.25, 0.3) is 0 Å². The number of rotatable bonds is 8. The summed E-state index contributed by atoms with van der Waals surface area (Å²) < 4.78 is 29.1. The van der Waals surface area contributed by atoms with Crippen molar-refractivity contribution in [3.05, 3.63) is 87.7 Å². The van der Waals surface area contributed by atoms with Crippen LogP contribution in [0.5, 0.6) is 0 Å². The van der Waals surface area contributed by atoms with Crippen LogP contribution in [-0.4, -0.2) is 55.6 Å². The number of nitrogens with zero attached hydrogens (tertiary/aromatic N) is 2. The summed E-state index contributed by atoms with van der Waals surface area (Å²) >= 11 is 4.26. The van der Waals surface area contributed by atoms with Crippen molar-refractivity contribution in [2.45, 2.75) is 16.7 Å². The molecule has 182 valence electrons. The van der Waals surface area contributed by atoms with Crippen molar-refractivity contribution in [1.29, 1.82) is 0 Å². The summed E-state index contributed by atoms with van der Waals surface area (Å²) in [6, 6.07) is 19.6. The van der Waals surface area contributed by atoms with Gasteiger partial charge in [0.1, 0.15) is 23.3 Å². The molecule has 3 amide bonds. The predicted molar refractivity (Wildman–Crippen MR) is 135 cm³/mol. The third-order valence-electron chi connectivity index (χ3n) is 5.50. The van der Waals surface area contributed by atoms with Gasteiger partial charge in [-0.1, -0.05) is 60.7 Å². The predicted octanol–water partition coefficient (Wildman–Crippen LogP) is 2.97. The zero-order valence-electron chi connectivity index (χ0n) is 18.5. The molecule has 0 aliphatic carbocycles. The largest absolute Gasteiger partial charge is 0.322 e. The Morgan fingerprint density at radius 2 is 1.54 bits per heavy atom. The van der Waals surface area contributed by atoms with Gasteiger partial charge in [0.2, 0.25) is 17.7 Å². The van der Waals surface area contributed by atoms with Gasteiger partial charge in [-0.25, -0.2) is 8.42 Å². The number of hydrogen-bond donors (Lipinski definition) is 1. The minimum atomic E-state index is -4.04. The van der Waals surface area contributed by atoms with Gasteiger partial charge in [0, 0.05) is 6.54 Å². The Hall–Kier alpha value is -2.86. The molecule has 1 atom stereocenters. The van der Waals surface area contributed by atoms with E-state index >= 15 is 0 Å². The van der Waals surface area contributed by atoms with Crippen molar-refractivity contribution in [2.24, 2.45) is 0 Å². The number of piperazine rings is 1. The molecular formula is C24H22BrN3O5S2. The zero-order chi connectivity index (χ0) is 25.0. The fourth-order valence-electron chi connectivity index (χ4n) is 3.73. The average molecular weight is 576 g/mol. The summed E-state index contributed by atoms with van der Waals surface area (Å²) in [5.41, 5.74) is 1.40. The van der Waals surface area contributed by atoms with Crippen molar-refractivity contribution in [1.82, 2.24) is 14.5 Å². The van der Waals surface area contributed by atoms with Crippen LogP contribution in [0, 0.1) is 0 Å². The SMILES string of the molecule is O=C([C@H](NS(=O)(=O)c1ccc(Br)s1)c1ccccc1)N1CC(=O)N(CCc2ccccc2)C(=O)C1. The van der Waals surface area contributed by atoms with Gasteiger partial charge in [0.25, 0.3) is 10.0 Å². The van der Waals surface area contributed by atoms with Crippen LogP contribution in [-0.2, 0) is 30.8 Å². The van der Waals surface area contributed by atoms with Gasteiger partial charge in [0.15, 0.2) is 0 Å². The van der Waals surface area contributed by atoms with E-state index in [1.54, 1.807) is 36.4 Å². The second-order valence-electron chi connectivity index (χ2n) is 7.89. The molecule has 35 heavy (non-hydrogen) atoms. The molecule has 1 aliphatic rings. The van der Waals surface area contributed by atoms with E-state index in [-0.39, 0.29) is 23.8 Å². The van der Waals surface area contributed by atoms with E-state index in [0.29, 0.717) is 15.8 Å². The first-order valence-corrected chi connectivity index (χ1v) is 13.8. The molecule has 0 radical (unpaired) electrons. The van der Waals surface area contributed by atoms with E-state index in [2.05, 4.69) is 20.7 Å². The first-order chi connectivity index (χ1) is 16.7. The summed E-state index contributed by atoms with van der Waals surface area (Å²) in [7, 11) is -4.04. The van der Waals surface area contributed by atoms with E-state index < -0.39 is 33.8 Å². The van der Waals surface area contributed by atoms with E-state index in [4.69, 9.17) is 0 Å². The summed E-state index contributed by atoms with van der Waals surface area (Å²) in [6.45, 7) is -0.407. The Balaban J connectivity index is 1.51. The molecule has 1 aromatic heterocycles. The molecule has 1 saturated heterocycles. The summed E-state index contributed by atoms with van der Waals surface area (Å²) in [4.78, 5) is 41.3. The number of carbonyl (C=O) groups is 3. The molecule has 0 bridgehead atoms. The second kappa shape index (κ2) is 10.8. The number of imide groups is 1. The van der Waals surface area contributed by atoms with Gasteiger partial charge < -0.3 is 4.90 Å². The molecule has 0 unspecified atom stereocenters. The van der Waals surface area contributed by atoms with Crippen molar-refractivity contribution < 1.29 is 22.8 Å². The molecule has 8 nitrogen and oxygen atoms in total. The maximum atomic E-state index is 13.5. The van der Waals surface area contributed by atoms with Crippen LogP contribution in [0.1, 0.15) is 17.2 Å². The Morgan fingerprint density at radius 3 is 2.11 bits per heavy atom. The molecule has 0 spiro atoms. The third-order valence-corrected chi connectivity index (χ3v) is 9.04. The summed E-state index contributed by atoms with van der Waals surface area (Å²) in [6.07, 6.45) is 0.509. The second-order valence-corrected chi connectivity index (χ2v) is 12.3. The lowest BCUT2D eigenvalue weighted by atomic mass is 10.1. The fraction of sp³-hybridized carbons (Fsp3) is 0.208. The van der Waals surface area contributed by atoms with Crippen LogP contribution in [0.4, 0.5) is 0 Å². The Morgan fingerprint density at radius 1 is 0.943 bits per heavy atom. The molecule has 3 aromatic rings. The molecule has 4 rings (SSSR count). The van der Waals surface area contributed by atoms with Gasteiger partial charge >= 0.3 is 0 Å². The number of nitrogens with one attached hydrogen (secondary N) is 1. The summed E-state index contributed by atoms with van der Waals surface area (Å²) in [5.74, 6) is -1.66. The van der Waals surface area contributed by atoms with Crippen molar-refractivity contribution in [3.63, 3.8) is 0 Å². The molecule has 2 heterocycles. The third kappa shape index (κ3) is 6.04. The lowest BCUT2D eigenvalue weighted by Crippen LogP contribution is -2.57. The smallest absolute Gasteiger partial charge is 0.251 e. The van der Waals surface area contributed by atoms with Crippen molar-refractivity contribution in [2.75, 3.05) is 19.6 Å². The Bertz CT molecular complexity index is 1310. The van der Waals surface area contributed by atoms with E-state index in [0.717, 1.165) is 26.7 Å². The van der Waals surface area contributed by atoms with Gasteiger partial charge in [-0.2, -0.15) is 4.72 Å². The van der Waals surface area contributed by atoms with E-state index in [1.165, 1.54) is 6.07 Å². The highest BCUT2D eigenvalue weighted by atomic mass is 79.9. The van der Waals surface area contributed by atoms with E-state index in [9.17, 15) is 22.8 Å². The van der Waals surface area contributed by atoms with E-state index in [1.807, 2.05) is 30.3 Å². The minimum Gasteiger partial charge on any atom is -0.322 e. The van der Waals surface area contributed by atoms with Crippen LogP contribution in [0.15, 0.2) is 80.8 Å². The maximum Gasteiger partial charge on any atom is 0.251 e. The monoisotopic (exact) mass is 575 g/mol. The first-order valence-electron chi connectivity index (χ1n) is 10.7. The molecule has 1 aliphatic heterocycles. The Labute approximate surface area is 215 Å². The van der Waals surface area contributed by atoms with Crippen LogP contribution in [0.2, 0.25) is 0 Å². The Kier molecular flexibility index (Phi) is 7.80. The van der Waals surface area contributed by atoms with Crippen LogP contribution >= 0.6 is 27.3 Å². The number of halogens is 1. The topological polar surface area (TPSA) is 104 Å². The first kappa shape index (κ1) is 25.2. The van der Waals surface area contributed by atoms with Gasteiger partial charge in [-0.15, -0.1) is 11.3 Å². The standard InChI is InChI=1S/C24H22BrN3O5S2/c25-19-11-12-22(34-19)35(32,33)26-23(18-9-5-2-6-10-18)24(31)27-15-20(29)28(21(30)16-27)14-13-17-7-3-1-4-8-17/h1-12,23,26H,13-16H2/t23-/m1/s1. The highest BCUT2D eigenvalue weighted by Crippen LogP contribution is 2.28. The zero-order valence-corrected chi connectivity index (χ0v) is 21.7. The van der Waals surface area contributed by atoms with Gasteiger partial charge in [-0.3, -0.25) is 19.3 Å². The fourth-order valence-corrected chi connectivity index (χ4v) is 6.93.